The van der Waals surface area contributed by atoms with Crippen molar-refractivity contribution >= 4 is 5.82 Å². The summed E-state index contributed by atoms with van der Waals surface area (Å²) < 4.78 is 36.4. The number of pyridine rings is 1. The topological polar surface area (TPSA) is 42.1 Å². The van der Waals surface area contributed by atoms with Crippen LogP contribution in [0.4, 0.5) is 19.0 Å². The molecule has 1 heterocycles. The first-order valence-corrected chi connectivity index (χ1v) is 5.28. The standard InChI is InChI=1S/C11H16F3N3/c1-8-3-4-9(7-15)10(16-8)17(2)6-5-11(12,13)14/h3-4H,5-7,15H2,1-2H3. The van der Waals surface area contributed by atoms with E-state index in [9.17, 15) is 13.2 Å². The summed E-state index contributed by atoms with van der Waals surface area (Å²) in [5.41, 5.74) is 7.04. The molecule has 0 spiro atoms. The fourth-order valence-electron chi connectivity index (χ4n) is 1.46. The molecule has 0 saturated heterocycles. The summed E-state index contributed by atoms with van der Waals surface area (Å²) in [7, 11) is 1.59. The van der Waals surface area contributed by atoms with Gasteiger partial charge in [0.2, 0.25) is 0 Å². The van der Waals surface area contributed by atoms with Gasteiger partial charge in [-0.2, -0.15) is 13.2 Å². The lowest BCUT2D eigenvalue weighted by molar-refractivity contribution is -0.132. The van der Waals surface area contributed by atoms with Crippen molar-refractivity contribution in [1.82, 2.24) is 4.98 Å². The Labute approximate surface area is 98.4 Å². The van der Waals surface area contributed by atoms with E-state index in [1.807, 2.05) is 0 Å². The van der Waals surface area contributed by atoms with Gasteiger partial charge in [0.25, 0.3) is 0 Å². The van der Waals surface area contributed by atoms with E-state index >= 15 is 0 Å². The average Bonchev–Trinajstić information content (AvgIpc) is 2.25. The maximum absolute atomic E-state index is 12.1. The van der Waals surface area contributed by atoms with Crippen LogP contribution in [0, 0.1) is 6.92 Å². The van der Waals surface area contributed by atoms with Crippen LogP contribution in [0.2, 0.25) is 0 Å². The molecule has 6 heteroatoms. The smallest absolute Gasteiger partial charge is 0.359 e. The third kappa shape index (κ3) is 4.22. The van der Waals surface area contributed by atoms with Crippen LogP contribution in [0.5, 0.6) is 0 Å². The molecule has 0 aliphatic rings. The Morgan fingerprint density at radius 3 is 2.53 bits per heavy atom. The summed E-state index contributed by atoms with van der Waals surface area (Å²) in [5.74, 6) is 0.525. The maximum atomic E-state index is 12.1. The van der Waals surface area contributed by atoms with Crippen molar-refractivity contribution in [2.75, 3.05) is 18.5 Å². The van der Waals surface area contributed by atoms with E-state index in [4.69, 9.17) is 5.73 Å². The highest BCUT2D eigenvalue weighted by Gasteiger charge is 2.27. The molecule has 1 aromatic heterocycles. The molecule has 0 saturated carbocycles. The second-order valence-corrected chi connectivity index (χ2v) is 3.93. The molecule has 1 rings (SSSR count). The van der Waals surface area contributed by atoms with E-state index in [2.05, 4.69) is 4.98 Å². The number of halogens is 3. The van der Waals surface area contributed by atoms with Gasteiger partial charge in [-0.3, -0.25) is 0 Å². The summed E-state index contributed by atoms with van der Waals surface area (Å²) in [6.07, 6.45) is -5.01. The first-order valence-electron chi connectivity index (χ1n) is 5.28. The molecule has 0 bridgehead atoms. The molecule has 3 nitrogen and oxygen atoms in total. The zero-order chi connectivity index (χ0) is 13.1. The fourth-order valence-corrected chi connectivity index (χ4v) is 1.46. The SMILES string of the molecule is Cc1ccc(CN)c(N(C)CCC(F)(F)F)n1. The van der Waals surface area contributed by atoms with Crippen molar-refractivity contribution in [2.24, 2.45) is 5.73 Å². The minimum absolute atomic E-state index is 0.118. The molecular weight excluding hydrogens is 231 g/mol. The third-order valence-electron chi connectivity index (χ3n) is 2.41. The molecule has 0 aliphatic heterocycles. The Hall–Kier alpha value is -1.30. The van der Waals surface area contributed by atoms with Crippen LogP contribution in [-0.2, 0) is 6.54 Å². The van der Waals surface area contributed by atoms with E-state index in [0.717, 1.165) is 11.3 Å². The van der Waals surface area contributed by atoms with Gasteiger partial charge in [-0.25, -0.2) is 4.98 Å². The highest BCUT2D eigenvalue weighted by molar-refractivity contribution is 5.47. The zero-order valence-electron chi connectivity index (χ0n) is 9.88. The number of anilines is 1. The van der Waals surface area contributed by atoms with Crippen LogP contribution >= 0.6 is 0 Å². The van der Waals surface area contributed by atoms with Crippen molar-refractivity contribution in [1.29, 1.82) is 0 Å². The molecule has 0 aromatic carbocycles. The monoisotopic (exact) mass is 247 g/mol. The molecule has 0 radical (unpaired) electrons. The molecule has 0 atom stereocenters. The van der Waals surface area contributed by atoms with Gasteiger partial charge in [-0.05, 0) is 13.0 Å². The second kappa shape index (κ2) is 5.35. The molecule has 2 N–H and O–H groups in total. The number of aromatic nitrogens is 1. The van der Waals surface area contributed by atoms with Crippen LogP contribution in [0.1, 0.15) is 17.7 Å². The van der Waals surface area contributed by atoms with Crippen LogP contribution < -0.4 is 10.6 Å². The summed E-state index contributed by atoms with van der Waals surface area (Å²) in [6, 6.07) is 3.59. The van der Waals surface area contributed by atoms with Gasteiger partial charge in [0.15, 0.2) is 0 Å². The van der Waals surface area contributed by atoms with Gasteiger partial charge in [0.1, 0.15) is 5.82 Å². The summed E-state index contributed by atoms with van der Waals surface area (Å²) in [6.45, 7) is 1.94. The van der Waals surface area contributed by atoms with Crippen LogP contribution in [0.25, 0.3) is 0 Å². The van der Waals surface area contributed by atoms with Crippen molar-refractivity contribution in [3.63, 3.8) is 0 Å². The van der Waals surface area contributed by atoms with E-state index in [0.29, 0.717) is 5.82 Å². The average molecular weight is 247 g/mol. The number of aryl methyl sites for hydroxylation is 1. The molecular formula is C11H16F3N3. The first-order chi connectivity index (χ1) is 7.83. The number of nitrogens with zero attached hydrogens (tertiary/aromatic N) is 2. The van der Waals surface area contributed by atoms with Crippen molar-refractivity contribution in [3.05, 3.63) is 23.4 Å². The minimum atomic E-state index is -4.15. The van der Waals surface area contributed by atoms with Crippen LogP contribution in [0.3, 0.4) is 0 Å². The molecule has 0 amide bonds. The van der Waals surface area contributed by atoms with Gasteiger partial charge in [0, 0.05) is 31.4 Å². The maximum Gasteiger partial charge on any atom is 0.390 e. The first kappa shape index (κ1) is 13.8. The molecule has 96 valence electrons. The van der Waals surface area contributed by atoms with Crippen molar-refractivity contribution < 1.29 is 13.2 Å². The van der Waals surface area contributed by atoms with Gasteiger partial charge in [-0.1, -0.05) is 6.07 Å². The predicted octanol–water partition coefficient (Wildman–Crippen LogP) is 2.24. The summed E-state index contributed by atoms with van der Waals surface area (Å²) >= 11 is 0. The normalized spacial score (nSPS) is 11.6. The lowest BCUT2D eigenvalue weighted by Crippen LogP contribution is -2.26. The van der Waals surface area contributed by atoms with E-state index in [1.54, 1.807) is 26.1 Å². The van der Waals surface area contributed by atoms with Gasteiger partial charge < -0.3 is 10.6 Å². The van der Waals surface area contributed by atoms with Crippen LogP contribution in [0.15, 0.2) is 12.1 Å². The predicted molar refractivity (Wildman–Crippen MR) is 60.8 cm³/mol. The largest absolute Gasteiger partial charge is 0.390 e. The Bertz CT molecular complexity index is 377. The minimum Gasteiger partial charge on any atom is -0.359 e. The van der Waals surface area contributed by atoms with Gasteiger partial charge in [-0.15, -0.1) is 0 Å². The molecule has 0 aliphatic carbocycles. The summed E-state index contributed by atoms with van der Waals surface area (Å²) in [4.78, 5) is 5.71. The number of rotatable bonds is 4. The van der Waals surface area contributed by atoms with E-state index in [-0.39, 0.29) is 13.1 Å². The van der Waals surface area contributed by atoms with Crippen molar-refractivity contribution in [3.8, 4) is 0 Å². The van der Waals surface area contributed by atoms with E-state index in [1.165, 1.54) is 4.90 Å². The van der Waals surface area contributed by atoms with Crippen molar-refractivity contribution in [2.45, 2.75) is 26.1 Å². The number of nitrogens with two attached hydrogens (primary N) is 1. The molecule has 0 fully saturated rings. The third-order valence-corrected chi connectivity index (χ3v) is 2.41. The van der Waals surface area contributed by atoms with E-state index < -0.39 is 12.6 Å². The van der Waals surface area contributed by atoms with Gasteiger partial charge in [0.05, 0.1) is 6.42 Å². The second-order valence-electron chi connectivity index (χ2n) is 3.93. The Kier molecular flexibility index (Phi) is 4.34. The molecule has 0 unspecified atom stereocenters. The number of hydrogen-bond acceptors (Lipinski definition) is 3. The molecule has 17 heavy (non-hydrogen) atoms. The number of alkyl halides is 3. The Balaban J connectivity index is 2.80. The Morgan fingerprint density at radius 2 is 2.00 bits per heavy atom. The summed E-state index contributed by atoms with van der Waals surface area (Å²) in [5, 5.41) is 0. The fraction of sp³-hybridized carbons (Fsp3) is 0.545. The molecule has 1 aromatic rings. The number of hydrogen-bond donors (Lipinski definition) is 1. The van der Waals surface area contributed by atoms with Gasteiger partial charge >= 0.3 is 6.18 Å². The quantitative estimate of drug-likeness (QED) is 0.887. The highest BCUT2D eigenvalue weighted by Crippen LogP contribution is 2.22. The lowest BCUT2D eigenvalue weighted by Gasteiger charge is -2.21. The zero-order valence-corrected chi connectivity index (χ0v) is 9.88. The Morgan fingerprint density at radius 1 is 1.35 bits per heavy atom. The lowest BCUT2D eigenvalue weighted by atomic mass is 10.2. The highest BCUT2D eigenvalue weighted by atomic mass is 19.4. The van der Waals surface area contributed by atoms with Crippen LogP contribution in [-0.4, -0.2) is 24.8 Å².